The van der Waals surface area contributed by atoms with Crippen molar-refractivity contribution in [3.63, 3.8) is 0 Å². The highest BCUT2D eigenvalue weighted by atomic mass is 16.6. The quantitative estimate of drug-likeness (QED) is 0.482. The van der Waals surface area contributed by atoms with Crippen molar-refractivity contribution in [3.05, 3.63) is 10.1 Å². The summed E-state index contributed by atoms with van der Waals surface area (Å²) in [6, 6.07) is 0. The molecule has 6 heteroatoms. The minimum Gasteiger partial charge on any atom is -0.277 e. The van der Waals surface area contributed by atoms with Gasteiger partial charge in [0.15, 0.2) is 0 Å². The second-order valence-electron chi connectivity index (χ2n) is 9.54. The van der Waals surface area contributed by atoms with Crippen LogP contribution in [0.25, 0.3) is 0 Å². The summed E-state index contributed by atoms with van der Waals surface area (Å²) in [6.45, 7) is 20.2. The molecular weight excluding hydrogens is 280 g/mol. The average Bonchev–Trinajstić information content (AvgIpc) is 2.23. The molecule has 0 amide bonds. The topological polar surface area (TPSA) is 61.7 Å². The third kappa shape index (κ3) is 4.64. The van der Waals surface area contributed by atoms with E-state index in [9.17, 15) is 10.1 Å². The molecule has 0 aromatic heterocycles. The second-order valence-corrected chi connectivity index (χ2v) is 9.54. The molecule has 0 spiro atoms. The van der Waals surface area contributed by atoms with Crippen LogP contribution in [-0.4, -0.2) is 56.8 Å². The van der Waals surface area contributed by atoms with E-state index in [1.807, 2.05) is 20.8 Å². The Morgan fingerprint density at radius 1 is 0.909 bits per heavy atom. The Morgan fingerprint density at radius 2 is 1.27 bits per heavy atom. The zero-order valence-corrected chi connectivity index (χ0v) is 15.8. The smallest absolute Gasteiger partial charge is 0.277 e. The largest absolute Gasteiger partial charge is 0.300 e. The van der Waals surface area contributed by atoms with Crippen LogP contribution in [0.5, 0.6) is 0 Å². The fraction of sp³-hybridized carbons (Fsp3) is 1.00. The summed E-state index contributed by atoms with van der Waals surface area (Å²) in [5.74, 6) is 0. The van der Waals surface area contributed by atoms with Crippen LogP contribution in [0.15, 0.2) is 0 Å². The molecule has 0 radical (unpaired) electrons. The van der Waals surface area contributed by atoms with Crippen molar-refractivity contribution >= 4 is 0 Å². The zero-order valence-electron chi connectivity index (χ0n) is 15.8. The van der Waals surface area contributed by atoms with E-state index in [2.05, 4.69) is 56.7 Å². The Kier molecular flexibility index (Phi) is 5.03. The van der Waals surface area contributed by atoms with Crippen LogP contribution in [-0.2, 0) is 0 Å². The first-order valence-corrected chi connectivity index (χ1v) is 8.01. The SMILES string of the molecule is CC(C)(C)NC1([N+](=O)[O-])CN(C(C)(C)C)CN(C(C)(C)C)C1. The van der Waals surface area contributed by atoms with Gasteiger partial charge in [-0.25, -0.2) is 5.32 Å². The van der Waals surface area contributed by atoms with Gasteiger partial charge in [-0.3, -0.25) is 19.9 Å². The van der Waals surface area contributed by atoms with Crippen molar-refractivity contribution in [2.24, 2.45) is 0 Å². The van der Waals surface area contributed by atoms with Gasteiger partial charge >= 0.3 is 5.66 Å². The maximum absolute atomic E-state index is 12.0. The van der Waals surface area contributed by atoms with E-state index in [1.165, 1.54) is 0 Å². The highest BCUT2D eigenvalue weighted by molar-refractivity contribution is 4.98. The molecule has 0 unspecified atom stereocenters. The summed E-state index contributed by atoms with van der Waals surface area (Å²) in [7, 11) is 0. The molecule has 0 bridgehead atoms. The standard InChI is InChI=1S/C16H34N4O2/c1-13(2,3)17-16(20(21)22)10-18(14(4,5)6)12-19(11-16)15(7,8)9/h17H,10-12H2,1-9H3. The summed E-state index contributed by atoms with van der Waals surface area (Å²) in [4.78, 5) is 16.3. The molecule has 1 aliphatic rings. The van der Waals surface area contributed by atoms with Gasteiger partial charge < -0.3 is 0 Å². The van der Waals surface area contributed by atoms with Gasteiger partial charge in [-0.1, -0.05) is 0 Å². The number of rotatable bonds is 2. The van der Waals surface area contributed by atoms with Crippen LogP contribution in [0, 0.1) is 10.1 Å². The van der Waals surface area contributed by atoms with E-state index < -0.39 is 5.66 Å². The lowest BCUT2D eigenvalue weighted by Gasteiger charge is -2.52. The van der Waals surface area contributed by atoms with Gasteiger partial charge in [-0.15, -0.1) is 0 Å². The molecule has 0 aromatic rings. The molecule has 1 fully saturated rings. The van der Waals surface area contributed by atoms with Gasteiger partial charge in [0, 0.05) is 21.5 Å². The van der Waals surface area contributed by atoms with E-state index in [1.54, 1.807) is 0 Å². The molecule has 0 aromatic carbocycles. The molecule has 6 nitrogen and oxygen atoms in total. The van der Waals surface area contributed by atoms with Crippen LogP contribution in [0.4, 0.5) is 0 Å². The lowest BCUT2D eigenvalue weighted by molar-refractivity contribution is -0.587. The van der Waals surface area contributed by atoms with Crippen LogP contribution >= 0.6 is 0 Å². The van der Waals surface area contributed by atoms with Crippen LogP contribution in [0.3, 0.4) is 0 Å². The first kappa shape index (κ1) is 19.3. The van der Waals surface area contributed by atoms with E-state index >= 15 is 0 Å². The number of hydrogen-bond donors (Lipinski definition) is 1. The first-order chi connectivity index (χ1) is 9.57. The van der Waals surface area contributed by atoms with Crippen LogP contribution < -0.4 is 5.32 Å². The number of nitrogens with one attached hydrogen (secondary N) is 1. The van der Waals surface area contributed by atoms with Gasteiger partial charge in [0.1, 0.15) is 0 Å². The third-order valence-electron chi connectivity index (χ3n) is 4.10. The number of nitrogens with zero attached hydrogens (tertiary/aromatic N) is 3. The summed E-state index contributed by atoms with van der Waals surface area (Å²) >= 11 is 0. The summed E-state index contributed by atoms with van der Waals surface area (Å²) in [5, 5.41) is 15.3. The third-order valence-corrected chi connectivity index (χ3v) is 4.10. The molecule has 1 aliphatic heterocycles. The average molecular weight is 314 g/mol. The Labute approximate surface area is 135 Å². The predicted molar refractivity (Wildman–Crippen MR) is 90.4 cm³/mol. The minimum absolute atomic E-state index is 0.120. The molecule has 130 valence electrons. The molecule has 1 heterocycles. The molecule has 1 N–H and O–H groups in total. The molecule has 1 saturated heterocycles. The number of nitro groups is 1. The number of hydrogen-bond acceptors (Lipinski definition) is 5. The Morgan fingerprint density at radius 3 is 1.50 bits per heavy atom. The lowest BCUT2D eigenvalue weighted by atomic mass is 9.94. The second kappa shape index (κ2) is 5.73. The van der Waals surface area contributed by atoms with Crippen molar-refractivity contribution in [2.45, 2.75) is 84.6 Å². The van der Waals surface area contributed by atoms with Crippen LogP contribution in [0.2, 0.25) is 0 Å². The maximum atomic E-state index is 12.0. The molecular formula is C16H34N4O2. The molecule has 22 heavy (non-hydrogen) atoms. The Hall–Kier alpha value is -0.720. The molecule has 0 atom stereocenters. The molecule has 1 rings (SSSR count). The lowest BCUT2D eigenvalue weighted by Crippen LogP contribution is -2.75. The van der Waals surface area contributed by atoms with Crippen molar-refractivity contribution in [2.75, 3.05) is 19.8 Å². The van der Waals surface area contributed by atoms with E-state index in [4.69, 9.17) is 0 Å². The first-order valence-electron chi connectivity index (χ1n) is 8.01. The monoisotopic (exact) mass is 314 g/mol. The van der Waals surface area contributed by atoms with Gasteiger partial charge in [0.05, 0.1) is 19.8 Å². The highest BCUT2D eigenvalue weighted by Gasteiger charge is 2.54. The van der Waals surface area contributed by atoms with Gasteiger partial charge in [0.2, 0.25) is 0 Å². The fourth-order valence-corrected chi connectivity index (χ4v) is 2.82. The van der Waals surface area contributed by atoms with Gasteiger partial charge in [0.25, 0.3) is 0 Å². The van der Waals surface area contributed by atoms with E-state index in [-0.39, 0.29) is 21.5 Å². The van der Waals surface area contributed by atoms with Crippen molar-refractivity contribution in [1.82, 2.24) is 15.1 Å². The van der Waals surface area contributed by atoms with E-state index in [0.717, 1.165) is 6.67 Å². The molecule has 0 aliphatic carbocycles. The Bertz CT molecular complexity index is 393. The normalized spacial score (nSPS) is 21.9. The van der Waals surface area contributed by atoms with Crippen molar-refractivity contribution < 1.29 is 4.92 Å². The maximum Gasteiger partial charge on any atom is 0.300 e. The van der Waals surface area contributed by atoms with Gasteiger partial charge in [-0.05, 0) is 62.3 Å². The predicted octanol–water partition coefficient (Wildman–Crippen LogP) is 2.52. The summed E-state index contributed by atoms with van der Waals surface area (Å²) < 4.78 is 0. The Balaban J connectivity index is 3.26. The fourth-order valence-electron chi connectivity index (χ4n) is 2.82. The zero-order chi connectivity index (χ0) is 17.6. The minimum atomic E-state index is -1.16. The van der Waals surface area contributed by atoms with Gasteiger partial charge in [-0.2, -0.15) is 0 Å². The summed E-state index contributed by atoms with van der Waals surface area (Å²) in [6.07, 6.45) is 0. The van der Waals surface area contributed by atoms with Crippen molar-refractivity contribution in [3.8, 4) is 0 Å². The van der Waals surface area contributed by atoms with E-state index in [0.29, 0.717) is 13.1 Å². The highest BCUT2D eigenvalue weighted by Crippen LogP contribution is 2.30. The van der Waals surface area contributed by atoms with Crippen LogP contribution in [0.1, 0.15) is 62.3 Å². The summed E-state index contributed by atoms with van der Waals surface area (Å²) in [5.41, 5.74) is -1.72. The van der Waals surface area contributed by atoms with Crippen molar-refractivity contribution in [1.29, 1.82) is 0 Å². The molecule has 0 saturated carbocycles.